The zero-order valence-electron chi connectivity index (χ0n) is 22.7. The van der Waals surface area contributed by atoms with Gasteiger partial charge in [-0.15, -0.1) is 6.58 Å². The van der Waals surface area contributed by atoms with E-state index in [1.807, 2.05) is 0 Å². The largest absolute Gasteiger partial charge is 0.494 e. The molecule has 43 heavy (non-hydrogen) atoms. The molecule has 1 aliphatic rings. The van der Waals surface area contributed by atoms with E-state index in [4.69, 9.17) is 20.1 Å². The van der Waals surface area contributed by atoms with Gasteiger partial charge >= 0.3 is 6.18 Å². The lowest BCUT2D eigenvalue weighted by Gasteiger charge is -2.30. The van der Waals surface area contributed by atoms with Gasteiger partial charge in [0.05, 0.1) is 12.2 Å². The van der Waals surface area contributed by atoms with E-state index in [-0.39, 0.29) is 30.2 Å². The number of hydrogen-bond acceptors (Lipinski definition) is 6. The van der Waals surface area contributed by atoms with Crippen molar-refractivity contribution < 1.29 is 36.9 Å². The number of amides is 1. The average Bonchev–Trinajstić information content (AvgIpc) is 3.36. The second-order valence-corrected chi connectivity index (χ2v) is 9.56. The Labute approximate surface area is 244 Å². The maximum atomic E-state index is 14.0. The van der Waals surface area contributed by atoms with E-state index in [2.05, 4.69) is 26.9 Å². The molecule has 3 aromatic rings. The van der Waals surface area contributed by atoms with E-state index in [1.54, 1.807) is 42.5 Å². The van der Waals surface area contributed by atoms with Gasteiger partial charge in [-0.2, -0.15) is 13.2 Å². The van der Waals surface area contributed by atoms with E-state index < -0.39 is 41.7 Å². The van der Waals surface area contributed by atoms with Gasteiger partial charge in [-0.3, -0.25) is 4.79 Å². The summed E-state index contributed by atoms with van der Waals surface area (Å²) in [6, 6.07) is 15.1. The van der Waals surface area contributed by atoms with Gasteiger partial charge in [0, 0.05) is 47.7 Å². The first-order valence-electron chi connectivity index (χ1n) is 13.1. The monoisotopic (exact) mass is 597 g/mol. The summed E-state index contributed by atoms with van der Waals surface area (Å²) in [5, 5.41) is 15.3. The van der Waals surface area contributed by atoms with Crippen LogP contribution in [0.4, 0.5) is 23.2 Å². The molecule has 3 aromatic carbocycles. The minimum absolute atomic E-state index is 0.0163. The number of nitrogens with one attached hydrogen (secondary N) is 1. The molecular formula is C30H27F4N5O4. The third-order valence-corrected chi connectivity index (χ3v) is 6.60. The molecule has 0 radical (unpaired) electrons. The average molecular weight is 598 g/mol. The summed E-state index contributed by atoms with van der Waals surface area (Å²) in [6.07, 6.45) is -4.09. The Balaban J connectivity index is 1.73. The lowest BCUT2D eigenvalue weighted by atomic mass is 9.83. The predicted octanol–water partition coefficient (Wildman–Crippen LogP) is 6.70. The minimum atomic E-state index is -4.78. The third-order valence-electron chi connectivity index (χ3n) is 6.60. The normalized spacial score (nSPS) is 17.8. The standard InChI is InChI=1S/C30H27F4N5O4/c1-2-12-29(28(41)36-18-19-15-21(30(32,33)34)17-22(31)16-19)26(24-6-3-4-7-25(24)38-39-35)43-27(37-29)20-8-10-23(11-9-20)42-14-5-13-40/h2-4,6-11,15-17,26,40H,1,5,12-14,18H2,(H,36,41)/t26-,29-/m1/s1. The van der Waals surface area contributed by atoms with Crippen molar-refractivity contribution in [3.8, 4) is 5.75 Å². The number of aliphatic hydroxyl groups is 1. The Morgan fingerprint density at radius 1 is 1.21 bits per heavy atom. The number of hydrogen-bond donors (Lipinski definition) is 2. The Kier molecular flexibility index (Phi) is 9.69. The van der Waals surface area contributed by atoms with Crippen LogP contribution in [0.1, 0.15) is 41.2 Å². The molecule has 4 rings (SSSR count). The van der Waals surface area contributed by atoms with Crippen LogP contribution in [0.15, 0.2) is 89.5 Å². The van der Waals surface area contributed by atoms with Crippen molar-refractivity contribution in [2.75, 3.05) is 13.2 Å². The van der Waals surface area contributed by atoms with Crippen LogP contribution in [0.3, 0.4) is 0 Å². The number of ether oxygens (including phenoxy) is 2. The number of carbonyl (C=O) groups excluding carboxylic acids is 1. The SMILES string of the molecule is C=CC[C@@]1(C(=O)NCc2cc(F)cc(C(F)(F)F)c2)N=C(c2ccc(OCCCO)cc2)O[C@@H]1c1ccccc1N=[N+]=[N-]. The molecule has 0 unspecified atom stereocenters. The summed E-state index contributed by atoms with van der Waals surface area (Å²) in [4.78, 5) is 21.5. The third kappa shape index (κ3) is 7.14. The number of rotatable bonds is 12. The molecule has 9 nitrogen and oxygen atoms in total. The van der Waals surface area contributed by atoms with Crippen molar-refractivity contribution in [2.45, 2.75) is 37.2 Å². The molecule has 0 aromatic heterocycles. The lowest BCUT2D eigenvalue weighted by molar-refractivity contribution is -0.137. The Bertz CT molecular complexity index is 1550. The molecular weight excluding hydrogens is 570 g/mol. The summed E-state index contributed by atoms with van der Waals surface area (Å²) < 4.78 is 65.6. The molecule has 1 amide bonds. The highest BCUT2D eigenvalue weighted by molar-refractivity contribution is 6.01. The van der Waals surface area contributed by atoms with Gasteiger partial charge in [0.1, 0.15) is 11.6 Å². The maximum absolute atomic E-state index is 14.0. The van der Waals surface area contributed by atoms with Crippen LogP contribution in [-0.4, -0.2) is 35.7 Å². The fraction of sp³-hybridized carbons (Fsp3) is 0.267. The van der Waals surface area contributed by atoms with Crippen LogP contribution in [0.2, 0.25) is 0 Å². The molecule has 2 N–H and O–H groups in total. The molecule has 0 saturated carbocycles. The van der Waals surface area contributed by atoms with Crippen LogP contribution in [-0.2, 0) is 22.3 Å². The summed E-state index contributed by atoms with van der Waals surface area (Å²) in [5.74, 6) is -1.23. The van der Waals surface area contributed by atoms with E-state index in [1.165, 1.54) is 12.1 Å². The zero-order valence-corrected chi connectivity index (χ0v) is 22.7. The number of alkyl halides is 3. The van der Waals surface area contributed by atoms with Crippen molar-refractivity contribution in [3.05, 3.63) is 118 Å². The number of nitrogens with zero attached hydrogens (tertiary/aromatic N) is 4. The van der Waals surface area contributed by atoms with Crippen molar-refractivity contribution in [1.29, 1.82) is 0 Å². The van der Waals surface area contributed by atoms with Gasteiger partial charge in [0.2, 0.25) is 5.90 Å². The lowest BCUT2D eigenvalue weighted by Crippen LogP contribution is -2.47. The number of aliphatic hydroxyl groups excluding tert-OH is 1. The summed E-state index contributed by atoms with van der Waals surface area (Å²) in [5.41, 5.74) is 7.11. The summed E-state index contributed by atoms with van der Waals surface area (Å²) >= 11 is 0. The number of halogens is 4. The Hall–Kier alpha value is -4.87. The fourth-order valence-electron chi connectivity index (χ4n) is 4.61. The van der Waals surface area contributed by atoms with E-state index >= 15 is 0 Å². The van der Waals surface area contributed by atoms with Crippen LogP contribution >= 0.6 is 0 Å². The van der Waals surface area contributed by atoms with Crippen LogP contribution < -0.4 is 10.1 Å². The molecule has 0 spiro atoms. The number of azide groups is 1. The highest BCUT2D eigenvalue weighted by atomic mass is 19.4. The molecule has 13 heteroatoms. The van der Waals surface area contributed by atoms with Crippen LogP contribution in [0.5, 0.6) is 5.75 Å². The van der Waals surface area contributed by atoms with E-state index in [9.17, 15) is 22.4 Å². The summed E-state index contributed by atoms with van der Waals surface area (Å²) in [6.45, 7) is 3.61. The second kappa shape index (κ2) is 13.4. The van der Waals surface area contributed by atoms with E-state index in [0.717, 1.165) is 12.1 Å². The number of benzene rings is 3. The molecule has 224 valence electrons. The number of carbonyl (C=O) groups is 1. The van der Waals surface area contributed by atoms with Gasteiger partial charge in [0.25, 0.3) is 5.91 Å². The second-order valence-electron chi connectivity index (χ2n) is 9.56. The smallest absolute Gasteiger partial charge is 0.416 e. The van der Waals surface area contributed by atoms with Gasteiger partial charge in [0.15, 0.2) is 11.6 Å². The molecule has 1 heterocycles. The van der Waals surface area contributed by atoms with Gasteiger partial charge in [-0.05, 0) is 53.6 Å². The first-order chi connectivity index (χ1) is 20.6. The van der Waals surface area contributed by atoms with Gasteiger partial charge < -0.3 is 19.9 Å². The molecule has 0 aliphatic carbocycles. The highest BCUT2D eigenvalue weighted by Gasteiger charge is 2.53. The summed E-state index contributed by atoms with van der Waals surface area (Å²) in [7, 11) is 0. The predicted molar refractivity (Wildman–Crippen MR) is 150 cm³/mol. The van der Waals surface area contributed by atoms with Crippen molar-refractivity contribution >= 4 is 17.5 Å². The van der Waals surface area contributed by atoms with Gasteiger partial charge in [-0.1, -0.05) is 35.5 Å². The molecule has 0 saturated heterocycles. The Morgan fingerprint density at radius 3 is 2.63 bits per heavy atom. The Morgan fingerprint density at radius 2 is 1.95 bits per heavy atom. The van der Waals surface area contributed by atoms with E-state index in [0.29, 0.717) is 36.0 Å². The quantitative estimate of drug-likeness (QED) is 0.0601. The zero-order chi connectivity index (χ0) is 31.0. The number of aliphatic imine (C=N–C) groups is 1. The first kappa shape index (κ1) is 31.1. The molecule has 2 atom stereocenters. The highest BCUT2D eigenvalue weighted by Crippen LogP contribution is 2.45. The topological polar surface area (TPSA) is 129 Å². The van der Waals surface area contributed by atoms with Crippen LogP contribution in [0, 0.1) is 5.82 Å². The minimum Gasteiger partial charge on any atom is -0.494 e. The van der Waals surface area contributed by atoms with Crippen LogP contribution in [0.25, 0.3) is 10.4 Å². The molecule has 0 bridgehead atoms. The van der Waals surface area contributed by atoms with Crippen molar-refractivity contribution in [3.63, 3.8) is 0 Å². The maximum Gasteiger partial charge on any atom is 0.416 e. The molecule has 1 aliphatic heterocycles. The molecule has 0 fully saturated rings. The van der Waals surface area contributed by atoms with Crippen molar-refractivity contribution in [2.24, 2.45) is 10.1 Å². The first-order valence-corrected chi connectivity index (χ1v) is 13.1. The van der Waals surface area contributed by atoms with Gasteiger partial charge in [-0.25, -0.2) is 9.38 Å². The van der Waals surface area contributed by atoms with Crippen molar-refractivity contribution in [1.82, 2.24) is 5.32 Å². The fourth-order valence-corrected chi connectivity index (χ4v) is 4.61.